The largest absolute Gasteiger partial charge is 0.507 e. The second-order valence-corrected chi connectivity index (χ2v) is 4.41. The van der Waals surface area contributed by atoms with Gasteiger partial charge in [0.25, 0.3) is 5.91 Å². The SMILES string of the molecule is Nc1ccc(O)c(C(=O)NCCc2ccc(F)cc2)c1. The van der Waals surface area contributed by atoms with Gasteiger partial charge in [0.1, 0.15) is 11.6 Å². The van der Waals surface area contributed by atoms with Crippen LogP contribution >= 0.6 is 0 Å². The van der Waals surface area contributed by atoms with Gasteiger partial charge in [-0.3, -0.25) is 4.79 Å². The van der Waals surface area contributed by atoms with Crippen molar-refractivity contribution in [2.24, 2.45) is 0 Å². The molecule has 1 amide bonds. The monoisotopic (exact) mass is 274 g/mol. The summed E-state index contributed by atoms with van der Waals surface area (Å²) in [5, 5.41) is 12.3. The summed E-state index contributed by atoms with van der Waals surface area (Å²) in [7, 11) is 0. The van der Waals surface area contributed by atoms with Gasteiger partial charge in [0.05, 0.1) is 5.56 Å². The van der Waals surface area contributed by atoms with Crippen molar-refractivity contribution in [3.05, 3.63) is 59.4 Å². The number of hydrogen-bond donors (Lipinski definition) is 3. The van der Waals surface area contributed by atoms with Crippen LogP contribution in [0.5, 0.6) is 5.75 Å². The van der Waals surface area contributed by atoms with Crippen LogP contribution in [-0.4, -0.2) is 17.6 Å². The van der Waals surface area contributed by atoms with E-state index in [1.54, 1.807) is 12.1 Å². The third kappa shape index (κ3) is 3.47. The van der Waals surface area contributed by atoms with Gasteiger partial charge in [0, 0.05) is 12.2 Å². The van der Waals surface area contributed by atoms with Crippen molar-refractivity contribution in [1.82, 2.24) is 5.32 Å². The Bertz CT molecular complexity index is 612. The van der Waals surface area contributed by atoms with E-state index in [9.17, 15) is 14.3 Å². The lowest BCUT2D eigenvalue weighted by Crippen LogP contribution is -2.25. The van der Waals surface area contributed by atoms with Crippen molar-refractivity contribution in [1.29, 1.82) is 0 Å². The quantitative estimate of drug-likeness (QED) is 0.590. The summed E-state index contributed by atoms with van der Waals surface area (Å²) in [5.74, 6) is -0.794. The van der Waals surface area contributed by atoms with Crippen LogP contribution in [0.1, 0.15) is 15.9 Å². The summed E-state index contributed by atoms with van der Waals surface area (Å²) in [6.45, 7) is 0.388. The first-order valence-electron chi connectivity index (χ1n) is 6.17. The summed E-state index contributed by atoms with van der Waals surface area (Å²) in [6, 6.07) is 10.4. The predicted molar refractivity (Wildman–Crippen MR) is 75.0 cm³/mol. The van der Waals surface area contributed by atoms with Crippen LogP contribution in [0.15, 0.2) is 42.5 Å². The molecule has 0 fully saturated rings. The molecule has 2 rings (SSSR count). The number of nitrogen functional groups attached to an aromatic ring is 1. The number of nitrogens with two attached hydrogens (primary N) is 1. The van der Waals surface area contributed by atoms with Gasteiger partial charge in [0.15, 0.2) is 0 Å². The number of carbonyl (C=O) groups excluding carboxylic acids is 1. The summed E-state index contributed by atoms with van der Waals surface area (Å²) in [5.41, 5.74) is 7.04. The fourth-order valence-corrected chi connectivity index (χ4v) is 1.80. The van der Waals surface area contributed by atoms with Crippen LogP contribution in [-0.2, 0) is 6.42 Å². The maximum Gasteiger partial charge on any atom is 0.255 e. The van der Waals surface area contributed by atoms with Gasteiger partial charge in [0.2, 0.25) is 0 Å². The van der Waals surface area contributed by atoms with E-state index < -0.39 is 5.91 Å². The molecule has 5 heteroatoms. The van der Waals surface area contributed by atoms with E-state index in [0.717, 1.165) is 5.56 Å². The van der Waals surface area contributed by atoms with Crippen molar-refractivity contribution >= 4 is 11.6 Å². The predicted octanol–water partition coefficient (Wildman–Crippen LogP) is 2.09. The molecule has 0 spiro atoms. The van der Waals surface area contributed by atoms with Gasteiger partial charge in [-0.15, -0.1) is 0 Å². The Balaban J connectivity index is 1.92. The third-order valence-corrected chi connectivity index (χ3v) is 2.88. The van der Waals surface area contributed by atoms with Gasteiger partial charge < -0.3 is 16.2 Å². The lowest BCUT2D eigenvalue weighted by Gasteiger charge is -2.07. The van der Waals surface area contributed by atoms with Crippen LogP contribution in [0.2, 0.25) is 0 Å². The number of hydrogen-bond acceptors (Lipinski definition) is 3. The van der Waals surface area contributed by atoms with E-state index in [-0.39, 0.29) is 17.1 Å². The normalized spacial score (nSPS) is 10.2. The minimum atomic E-state index is -0.392. The summed E-state index contributed by atoms with van der Waals surface area (Å²) in [4.78, 5) is 11.9. The summed E-state index contributed by atoms with van der Waals surface area (Å²) in [6.07, 6.45) is 0.578. The molecule has 0 aliphatic rings. The highest BCUT2D eigenvalue weighted by Crippen LogP contribution is 2.19. The fraction of sp³-hybridized carbons (Fsp3) is 0.133. The number of anilines is 1. The molecule has 20 heavy (non-hydrogen) atoms. The minimum Gasteiger partial charge on any atom is -0.507 e. The number of benzene rings is 2. The molecule has 4 nitrogen and oxygen atoms in total. The molecule has 0 saturated carbocycles. The van der Waals surface area contributed by atoms with E-state index in [1.807, 2.05) is 0 Å². The number of carbonyl (C=O) groups is 1. The van der Waals surface area contributed by atoms with E-state index in [1.165, 1.54) is 30.3 Å². The molecule has 2 aromatic rings. The Morgan fingerprint density at radius 2 is 1.90 bits per heavy atom. The van der Waals surface area contributed by atoms with E-state index in [4.69, 9.17) is 5.73 Å². The zero-order chi connectivity index (χ0) is 14.5. The van der Waals surface area contributed by atoms with Gasteiger partial charge in [-0.25, -0.2) is 4.39 Å². The van der Waals surface area contributed by atoms with Gasteiger partial charge in [-0.1, -0.05) is 12.1 Å². The first kappa shape index (κ1) is 13.9. The third-order valence-electron chi connectivity index (χ3n) is 2.88. The second kappa shape index (κ2) is 6.06. The Morgan fingerprint density at radius 3 is 2.60 bits per heavy atom. The van der Waals surface area contributed by atoms with Crippen molar-refractivity contribution in [3.63, 3.8) is 0 Å². The Kier molecular flexibility index (Phi) is 4.20. The number of phenols is 1. The summed E-state index contributed by atoms with van der Waals surface area (Å²) >= 11 is 0. The van der Waals surface area contributed by atoms with E-state index >= 15 is 0 Å². The fourth-order valence-electron chi connectivity index (χ4n) is 1.80. The number of rotatable bonds is 4. The molecule has 0 bridgehead atoms. The maximum absolute atomic E-state index is 12.7. The average molecular weight is 274 g/mol. The standard InChI is InChI=1S/C15H15FN2O2/c16-11-3-1-10(2-4-11)7-8-18-15(20)13-9-12(17)5-6-14(13)19/h1-6,9,19H,7-8,17H2,(H,18,20). The van der Waals surface area contributed by atoms with E-state index in [2.05, 4.69) is 5.32 Å². The Morgan fingerprint density at radius 1 is 1.20 bits per heavy atom. The number of nitrogens with one attached hydrogen (secondary N) is 1. The molecule has 4 N–H and O–H groups in total. The van der Waals surface area contributed by atoms with Gasteiger partial charge >= 0.3 is 0 Å². The van der Waals surface area contributed by atoms with Crippen LogP contribution in [0.4, 0.5) is 10.1 Å². The lowest BCUT2D eigenvalue weighted by atomic mass is 10.1. The second-order valence-electron chi connectivity index (χ2n) is 4.41. The minimum absolute atomic E-state index is 0.113. The average Bonchev–Trinajstić information content (AvgIpc) is 2.43. The molecule has 0 unspecified atom stereocenters. The van der Waals surface area contributed by atoms with Crippen LogP contribution in [0.3, 0.4) is 0 Å². The highest BCUT2D eigenvalue weighted by Gasteiger charge is 2.10. The number of halogens is 1. The van der Waals surface area contributed by atoms with E-state index in [0.29, 0.717) is 18.7 Å². The van der Waals surface area contributed by atoms with Crippen molar-refractivity contribution < 1.29 is 14.3 Å². The molecule has 104 valence electrons. The van der Waals surface area contributed by atoms with Crippen molar-refractivity contribution in [2.45, 2.75) is 6.42 Å². The lowest BCUT2D eigenvalue weighted by molar-refractivity contribution is 0.0951. The first-order chi connectivity index (χ1) is 9.56. The van der Waals surface area contributed by atoms with Crippen LogP contribution in [0, 0.1) is 5.82 Å². The highest BCUT2D eigenvalue weighted by molar-refractivity contribution is 5.97. The van der Waals surface area contributed by atoms with Crippen molar-refractivity contribution in [2.75, 3.05) is 12.3 Å². The van der Waals surface area contributed by atoms with Crippen molar-refractivity contribution in [3.8, 4) is 5.75 Å². The molecular weight excluding hydrogens is 259 g/mol. The molecule has 0 heterocycles. The smallest absolute Gasteiger partial charge is 0.255 e. The number of phenolic OH excluding ortho intramolecular Hbond substituents is 1. The molecule has 0 aromatic heterocycles. The van der Waals surface area contributed by atoms with Gasteiger partial charge in [-0.05, 0) is 42.3 Å². The Hall–Kier alpha value is -2.56. The molecule has 2 aromatic carbocycles. The molecule has 0 saturated heterocycles. The first-order valence-corrected chi connectivity index (χ1v) is 6.17. The molecule has 0 aliphatic carbocycles. The molecule has 0 aliphatic heterocycles. The highest BCUT2D eigenvalue weighted by atomic mass is 19.1. The molecular formula is C15H15FN2O2. The zero-order valence-corrected chi connectivity index (χ0v) is 10.8. The number of amides is 1. The zero-order valence-electron chi connectivity index (χ0n) is 10.8. The van der Waals surface area contributed by atoms with Crippen LogP contribution in [0.25, 0.3) is 0 Å². The summed E-state index contributed by atoms with van der Waals surface area (Å²) < 4.78 is 12.7. The molecule has 0 atom stereocenters. The maximum atomic E-state index is 12.7. The van der Waals surface area contributed by atoms with Gasteiger partial charge in [-0.2, -0.15) is 0 Å². The Labute approximate surface area is 116 Å². The molecule has 0 radical (unpaired) electrons. The number of aromatic hydroxyl groups is 1. The topological polar surface area (TPSA) is 75.3 Å². The van der Waals surface area contributed by atoms with Crippen LogP contribution < -0.4 is 11.1 Å².